The van der Waals surface area contributed by atoms with Crippen LogP contribution in [0.1, 0.15) is 47.1 Å². The molecule has 1 aromatic carbocycles. The van der Waals surface area contributed by atoms with Crippen LogP contribution in [-0.4, -0.2) is 43.3 Å². The second kappa shape index (κ2) is 8.29. The van der Waals surface area contributed by atoms with Crippen molar-refractivity contribution in [2.45, 2.75) is 59.2 Å². The van der Waals surface area contributed by atoms with E-state index < -0.39 is 0 Å². The lowest BCUT2D eigenvalue weighted by Crippen LogP contribution is -2.18. The van der Waals surface area contributed by atoms with Crippen LogP contribution in [0.15, 0.2) is 30.3 Å². The number of nitrogens with zero attached hydrogens (tertiary/aromatic N) is 5. The highest BCUT2D eigenvalue weighted by Gasteiger charge is 2.21. The predicted molar refractivity (Wildman–Crippen MR) is 110 cm³/mol. The van der Waals surface area contributed by atoms with Gasteiger partial charge in [0.25, 0.3) is 0 Å². The Bertz CT molecular complexity index is 997. The molecule has 1 atom stereocenters. The van der Waals surface area contributed by atoms with Gasteiger partial charge in [0.05, 0.1) is 6.10 Å². The minimum atomic E-state index is -0.0121. The Morgan fingerprint density at radius 2 is 2.03 bits per heavy atom. The molecule has 0 bridgehead atoms. The van der Waals surface area contributed by atoms with Gasteiger partial charge in [-0.1, -0.05) is 31.2 Å². The monoisotopic (exact) mass is 393 g/mol. The summed E-state index contributed by atoms with van der Waals surface area (Å²) in [4.78, 5) is 14.3. The van der Waals surface area contributed by atoms with Crippen LogP contribution in [0.5, 0.6) is 0 Å². The number of rotatable bonds is 7. The molecule has 0 saturated carbocycles. The van der Waals surface area contributed by atoms with E-state index in [2.05, 4.69) is 39.0 Å². The molecule has 0 spiro atoms. The van der Waals surface area contributed by atoms with Crippen LogP contribution in [0.25, 0.3) is 11.4 Å². The van der Waals surface area contributed by atoms with E-state index in [-0.39, 0.29) is 18.4 Å². The molecular formula is C22H27N5O2. The topological polar surface area (TPSA) is 74.8 Å². The van der Waals surface area contributed by atoms with Crippen LogP contribution >= 0.6 is 0 Å². The Labute approximate surface area is 170 Å². The van der Waals surface area contributed by atoms with Crippen molar-refractivity contribution in [2.24, 2.45) is 0 Å². The number of ether oxygens (including phenoxy) is 1. The minimum Gasteiger partial charge on any atom is -0.376 e. The number of ketones is 1. The van der Waals surface area contributed by atoms with Crippen LogP contribution in [0.3, 0.4) is 0 Å². The van der Waals surface area contributed by atoms with Crippen molar-refractivity contribution in [3.63, 3.8) is 0 Å². The Balaban J connectivity index is 1.47. The highest BCUT2D eigenvalue weighted by Crippen LogP contribution is 2.21. The normalized spacial score (nSPS) is 16.4. The summed E-state index contributed by atoms with van der Waals surface area (Å²) in [5, 5.41) is 12.6. The Kier molecular flexibility index (Phi) is 5.58. The van der Waals surface area contributed by atoms with E-state index in [0.29, 0.717) is 11.4 Å². The van der Waals surface area contributed by atoms with Crippen molar-refractivity contribution >= 4 is 5.78 Å². The number of aryl methyl sites for hydroxylation is 2. The van der Waals surface area contributed by atoms with Gasteiger partial charge in [0.15, 0.2) is 5.78 Å². The quantitative estimate of drug-likeness (QED) is 0.575. The van der Waals surface area contributed by atoms with E-state index in [1.165, 1.54) is 10.4 Å². The number of hydrogen-bond donors (Lipinski definition) is 0. The molecule has 0 N–H and O–H groups in total. The molecule has 29 heavy (non-hydrogen) atoms. The molecule has 2 aromatic heterocycles. The van der Waals surface area contributed by atoms with Gasteiger partial charge in [0.1, 0.15) is 6.54 Å². The molecule has 0 amide bonds. The third-order valence-electron chi connectivity index (χ3n) is 5.64. The van der Waals surface area contributed by atoms with E-state index in [1.54, 1.807) is 0 Å². The second-order valence-electron chi connectivity index (χ2n) is 7.65. The zero-order chi connectivity index (χ0) is 20.4. The minimum absolute atomic E-state index is 0.0121. The first-order valence-electron chi connectivity index (χ1n) is 10.2. The van der Waals surface area contributed by atoms with Crippen molar-refractivity contribution in [3.8, 4) is 11.4 Å². The molecule has 0 aliphatic carbocycles. The molecule has 1 aliphatic heterocycles. The molecule has 0 radical (unpaired) electrons. The lowest BCUT2D eigenvalue weighted by atomic mass is 10.1. The number of benzene rings is 1. The van der Waals surface area contributed by atoms with Gasteiger partial charge in [-0.3, -0.25) is 4.79 Å². The number of carbonyl (C=O) groups is 1. The van der Waals surface area contributed by atoms with Gasteiger partial charge in [-0.15, -0.1) is 10.2 Å². The summed E-state index contributed by atoms with van der Waals surface area (Å²) in [7, 11) is 0. The third kappa shape index (κ3) is 4.15. The zero-order valence-electron chi connectivity index (χ0n) is 17.3. The lowest BCUT2D eigenvalue weighted by molar-refractivity contribution is 0.0943. The summed E-state index contributed by atoms with van der Waals surface area (Å²) >= 11 is 0. The van der Waals surface area contributed by atoms with Crippen molar-refractivity contribution in [1.82, 2.24) is 24.8 Å². The fourth-order valence-corrected chi connectivity index (χ4v) is 3.89. The SMILES string of the molecule is CCc1ccc(-c2nnn(CC(=O)c3cc(C)n(C[C@@H]4CCCO4)c3C)n2)cc1. The molecule has 1 saturated heterocycles. The highest BCUT2D eigenvalue weighted by atomic mass is 16.5. The number of carbonyl (C=O) groups excluding carboxylic acids is 1. The smallest absolute Gasteiger partial charge is 0.204 e. The number of aromatic nitrogens is 5. The van der Waals surface area contributed by atoms with Crippen molar-refractivity contribution in [3.05, 3.63) is 52.8 Å². The number of tetrazole rings is 1. The number of hydrogen-bond acceptors (Lipinski definition) is 5. The Morgan fingerprint density at radius 1 is 1.24 bits per heavy atom. The highest BCUT2D eigenvalue weighted by molar-refractivity contribution is 5.97. The molecular weight excluding hydrogens is 366 g/mol. The first-order chi connectivity index (χ1) is 14.0. The van der Waals surface area contributed by atoms with Gasteiger partial charge >= 0.3 is 0 Å². The lowest BCUT2D eigenvalue weighted by Gasteiger charge is -2.14. The largest absolute Gasteiger partial charge is 0.376 e. The molecule has 3 heterocycles. The molecule has 7 heteroatoms. The van der Waals surface area contributed by atoms with E-state index in [0.717, 1.165) is 49.4 Å². The van der Waals surface area contributed by atoms with Crippen LogP contribution in [0.2, 0.25) is 0 Å². The fourth-order valence-electron chi connectivity index (χ4n) is 3.89. The fraction of sp³-hybridized carbons (Fsp3) is 0.455. The third-order valence-corrected chi connectivity index (χ3v) is 5.64. The van der Waals surface area contributed by atoms with Crippen LogP contribution in [0.4, 0.5) is 0 Å². The molecule has 7 nitrogen and oxygen atoms in total. The van der Waals surface area contributed by atoms with Gasteiger partial charge in [-0.05, 0) is 50.0 Å². The van der Waals surface area contributed by atoms with Crippen LogP contribution in [-0.2, 0) is 24.2 Å². The van der Waals surface area contributed by atoms with Crippen molar-refractivity contribution < 1.29 is 9.53 Å². The summed E-state index contributed by atoms with van der Waals surface area (Å²) in [6.07, 6.45) is 3.41. The Morgan fingerprint density at radius 3 is 2.72 bits per heavy atom. The van der Waals surface area contributed by atoms with Crippen molar-refractivity contribution in [2.75, 3.05) is 6.61 Å². The van der Waals surface area contributed by atoms with E-state index in [4.69, 9.17) is 4.74 Å². The van der Waals surface area contributed by atoms with Crippen molar-refractivity contribution in [1.29, 1.82) is 0 Å². The van der Waals surface area contributed by atoms with Crippen LogP contribution < -0.4 is 0 Å². The molecule has 3 aromatic rings. The molecule has 0 unspecified atom stereocenters. The maximum absolute atomic E-state index is 12.9. The second-order valence-corrected chi connectivity index (χ2v) is 7.65. The maximum atomic E-state index is 12.9. The molecule has 1 fully saturated rings. The predicted octanol–water partition coefficient (Wildman–Crippen LogP) is 3.38. The van der Waals surface area contributed by atoms with Gasteiger partial charge in [-0.2, -0.15) is 4.80 Å². The molecule has 152 valence electrons. The number of Topliss-reactive ketones (excluding diaryl/α,β-unsaturated/α-hetero) is 1. The van der Waals surface area contributed by atoms with E-state index >= 15 is 0 Å². The van der Waals surface area contributed by atoms with Gasteiger partial charge in [0, 0.05) is 35.7 Å². The van der Waals surface area contributed by atoms with Gasteiger partial charge in [-0.25, -0.2) is 0 Å². The first kappa shape index (κ1) is 19.5. The maximum Gasteiger partial charge on any atom is 0.204 e. The molecule has 1 aliphatic rings. The van der Waals surface area contributed by atoms with Crippen LogP contribution in [0, 0.1) is 13.8 Å². The Hall–Kier alpha value is -2.80. The summed E-state index contributed by atoms with van der Waals surface area (Å²) in [6.45, 7) is 7.84. The van der Waals surface area contributed by atoms with E-state index in [1.807, 2.05) is 32.0 Å². The summed E-state index contributed by atoms with van der Waals surface area (Å²) in [5.74, 6) is 0.520. The summed E-state index contributed by atoms with van der Waals surface area (Å²) in [6, 6.07) is 10.0. The van der Waals surface area contributed by atoms with E-state index in [9.17, 15) is 4.79 Å². The summed E-state index contributed by atoms with van der Waals surface area (Å²) < 4.78 is 7.93. The van der Waals surface area contributed by atoms with Gasteiger partial charge < -0.3 is 9.30 Å². The average molecular weight is 393 g/mol. The van der Waals surface area contributed by atoms with Gasteiger partial charge in [0.2, 0.25) is 5.82 Å². The average Bonchev–Trinajstić information content (AvgIpc) is 3.46. The molecule has 4 rings (SSSR count). The first-order valence-corrected chi connectivity index (χ1v) is 10.2. The summed E-state index contributed by atoms with van der Waals surface area (Å²) in [5.41, 5.74) is 4.92. The standard InChI is InChI=1S/C22H27N5O2/c1-4-17-7-9-18(10-8-17)22-23-25-27(24-22)14-21(28)20-12-15(2)26(16(20)3)13-19-6-5-11-29-19/h7-10,12,19H,4-6,11,13-14H2,1-3H3/t19-/m0/s1. The zero-order valence-corrected chi connectivity index (χ0v) is 17.3.